The van der Waals surface area contributed by atoms with E-state index >= 15 is 0 Å². The van der Waals surface area contributed by atoms with Crippen molar-refractivity contribution in [1.82, 2.24) is 9.80 Å². The van der Waals surface area contributed by atoms with Gasteiger partial charge >= 0.3 is 18.0 Å². The molecular weight excluding hydrogens is 382 g/mol. The minimum atomic E-state index is -0.572. The number of anilines is 1. The first-order valence-corrected chi connectivity index (χ1v) is 10.3. The number of nitrogens with one attached hydrogen (secondary N) is 1. The third-order valence-electron chi connectivity index (χ3n) is 3.91. The molecule has 158 valence electrons. The number of nitrogens with zero attached hydrogens (tertiary/aromatic N) is 2. The highest BCUT2D eigenvalue weighted by Crippen LogP contribution is 2.34. The summed E-state index contributed by atoms with van der Waals surface area (Å²) in [5, 5.41) is 3.10. The molecule has 1 heterocycles. The van der Waals surface area contributed by atoms with E-state index in [0.29, 0.717) is 23.7 Å². The number of carbonyl (C=O) groups excluding carboxylic acids is 3. The zero-order valence-corrected chi connectivity index (χ0v) is 18.4. The fraction of sp³-hybridized carbons (Fsp3) is 0.632. The second-order valence-corrected chi connectivity index (χ2v) is 7.44. The molecule has 0 radical (unpaired) electrons. The van der Waals surface area contributed by atoms with Gasteiger partial charge in [0.05, 0.1) is 18.8 Å². The highest BCUT2D eigenvalue weighted by Gasteiger charge is 2.28. The van der Waals surface area contributed by atoms with Crippen molar-refractivity contribution in [2.45, 2.75) is 34.1 Å². The van der Waals surface area contributed by atoms with Crippen LogP contribution in [0.2, 0.25) is 0 Å². The summed E-state index contributed by atoms with van der Waals surface area (Å²) in [6, 6.07) is -0.314. The van der Waals surface area contributed by atoms with Crippen molar-refractivity contribution in [3.05, 3.63) is 16.0 Å². The number of esters is 2. The molecule has 0 saturated carbocycles. The molecule has 1 aromatic heterocycles. The van der Waals surface area contributed by atoms with Gasteiger partial charge < -0.3 is 19.3 Å². The van der Waals surface area contributed by atoms with E-state index in [1.54, 1.807) is 25.7 Å². The Morgan fingerprint density at radius 3 is 2.11 bits per heavy atom. The maximum atomic E-state index is 12.8. The number of carbonyl (C=O) groups is 3. The lowest BCUT2D eigenvalue weighted by molar-refractivity contribution is 0.0527. The van der Waals surface area contributed by atoms with Crippen LogP contribution < -0.4 is 5.32 Å². The van der Waals surface area contributed by atoms with Crippen LogP contribution in [0, 0.1) is 6.92 Å². The standard InChI is InChI=1S/C19H31N3O5S/c1-7-10-22(12-11-21(5)6)19(25)20-16-14(17(23)26-8-2)13(4)15(28-16)18(24)27-9-3/h7-12H2,1-6H3,(H,20,25). The second kappa shape index (κ2) is 11.7. The largest absolute Gasteiger partial charge is 0.462 e. The average Bonchev–Trinajstić information content (AvgIpc) is 2.94. The zero-order valence-electron chi connectivity index (χ0n) is 17.6. The number of hydrogen-bond acceptors (Lipinski definition) is 7. The number of amides is 2. The molecule has 0 aliphatic heterocycles. The van der Waals surface area contributed by atoms with Crippen molar-refractivity contribution in [2.75, 3.05) is 52.3 Å². The molecule has 0 aliphatic carbocycles. The summed E-state index contributed by atoms with van der Waals surface area (Å²) >= 11 is 1.03. The van der Waals surface area contributed by atoms with Crippen LogP contribution in [-0.4, -0.2) is 74.7 Å². The highest BCUT2D eigenvalue weighted by atomic mass is 32.1. The Labute approximate surface area is 170 Å². The highest BCUT2D eigenvalue weighted by molar-refractivity contribution is 7.18. The number of rotatable bonds is 10. The number of likely N-dealkylation sites (N-methyl/N-ethyl adjacent to an activating group) is 1. The smallest absolute Gasteiger partial charge is 0.348 e. The quantitative estimate of drug-likeness (QED) is 0.593. The predicted octanol–water partition coefficient (Wildman–Crippen LogP) is 3.22. The molecule has 0 unspecified atom stereocenters. The van der Waals surface area contributed by atoms with Crippen LogP contribution in [0.5, 0.6) is 0 Å². The Kier molecular flexibility index (Phi) is 9.95. The zero-order chi connectivity index (χ0) is 21.3. The predicted molar refractivity (Wildman–Crippen MR) is 110 cm³/mol. The molecule has 0 atom stereocenters. The lowest BCUT2D eigenvalue weighted by Crippen LogP contribution is -2.40. The van der Waals surface area contributed by atoms with Gasteiger partial charge in [-0.05, 0) is 46.9 Å². The summed E-state index contributed by atoms with van der Waals surface area (Å²) in [7, 11) is 3.88. The van der Waals surface area contributed by atoms with Crippen LogP contribution in [0.1, 0.15) is 52.8 Å². The fourth-order valence-corrected chi connectivity index (χ4v) is 3.60. The van der Waals surface area contributed by atoms with Gasteiger partial charge in [-0.3, -0.25) is 5.32 Å². The molecule has 0 fully saturated rings. The summed E-state index contributed by atoms with van der Waals surface area (Å²) < 4.78 is 10.2. The Morgan fingerprint density at radius 2 is 1.57 bits per heavy atom. The van der Waals surface area contributed by atoms with Crippen LogP contribution in [0.4, 0.5) is 9.80 Å². The molecule has 9 heteroatoms. The van der Waals surface area contributed by atoms with E-state index in [1.807, 2.05) is 25.9 Å². The number of ether oxygens (including phenoxy) is 2. The van der Waals surface area contributed by atoms with Gasteiger partial charge in [0.15, 0.2) is 0 Å². The average molecular weight is 414 g/mol. The lowest BCUT2D eigenvalue weighted by atomic mass is 10.1. The number of thiophene rings is 1. The van der Waals surface area contributed by atoms with Crippen LogP contribution in [0.15, 0.2) is 0 Å². The third-order valence-corrected chi connectivity index (χ3v) is 5.09. The van der Waals surface area contributed by atoms with Gasteiger partial charge in [0.2, 0.25) is 0 Å². The summed E-state index contributed by atoms with van der Waals surface area (Å²) in [6.45, 7) is 9.34. The van der Waals surface area contributed by atoms with Crippen molar-refractivity contribution in [2.24, 2.45) is 0 Å². The molecule has 0 aliphatic rings. The Hall–Kier alpha value is -2.13. The second-order valence-electron chi connectivity index (χ2n) is 6.42. The Bertz CT molecular complexity index is 687. The minimum Gasteiger partial charge on any atom is -0.462 e. The van der Waals surface area contributed by atoms with E-state index in [9.17, 15) is 14.4 Å². The van der Waals surface area contributed by atoms with Gasteiger partial charge in [-0.2, -0.15) is 0 Å². The number of hydrogen-bond donors (Lipinski definition) is 1. The van der Waals surface area contributed by atoms with Gasteiger partial charge in [-0.15, -0.1) is 11.3 Å². The molecule has 1 N–H and O–H groups in total. The van der Waals surface area contributed by atoms with E-state index in [2.05, 4.69) is 5.32 Å². The van der Waals surface area contributed by atoms with Gasteiger partial charge in [-0.25, -0.2) is 14.4 Å². The SMILES string of the molecule is CCCN(CCN(C)C)C(=O)Nc1sc(C(=O)OCC)c(C)c1C(=O)OCC. The first-order chi connectivity index (χ1) is 13.3. The van der Waals surface area contributed by atoms with Gasteiger partial charge in [-0.1, -0.05) is 6.92 Å². The van der Waals surface area contributed by atoms with Crippen LogP contribution in [-0.2, 0) is 9.47 Å². The normalized spacial score (nSPS) is 10.7. The van der Waals surface area contributed by atoms with Crippen molar-refractivity contribution >= 4 is 34.3 Å². The van der Waals surface area contributed by atoms with Gasteiger partial charge in [0.1, 0.15) is 9.88 Å². The molecule has 1 rings (SSSR count). The molecule has 2 amide bonds. The number of urea groups is 1. The molecule has 0 aromatic carbocycles. The van der Waals surface area contributed by atoms with Crippen molar-refractivity contribution < 1.29 is 23.9 Å². The topological polar surface area (TPSA) is 88.2 Å². The van der Waals surface area contributed by atoms with Crippen LogP contribution in [0.3, 0.4) is 0 Å². The maximum Gasteiger partial charge on any atom is 0.348 e. The minimum absolute atomic E-state index is 0.195. The van der Waals surface area contributed by atoms with E-state index in [1.165, 1.54) is 0 Å². The molecule has 0 saturated heterocycles. The molecule has 0 bridgehead atoms. The summed E-state index contributed by atoms with van der Waals surface area (Å²) in [5.74, 6) is -1.09. The molecule has 1 aromatic rings. The van der Waals surface area contributed by atoms with E-state index < -0.39 is 11.9 Å². The maximum absolute atomic E-state index is 12.8. The lowest BCUT2D eigenvalue weighted by Gasteiger charge is -2.24. The first kappa shape index (κ1) is 23.9. The van der Waals surface area contributed by atoms with Crippen LogP contribution >= 0.6 is 11.3 Å². The molecule has 28 heavy (non-hydrogen) atoms. The van der Waals surface area contributed by atoms with Crippen LogP contribution in [0.25, 0.3) is 0 Å². The van der Waals surface area contributed by atoms with Crippen molar-refractivity contribution in [3.8, 4) is 0 Å². The van der Waals surface area contributed by atoms with Crippen molar-refractivity contribution in [3.63, 3.8) is 0 Å². The van der Waals surface area contributed by atoms with E-state index in [-0.39, 0.29) is 29.7 Å². The van der Waals surface area contributed by atoms with Gasteiger partial charge in [0, 0.05) is 19.6 Å². The molecule has 0 spiro atoms. The third kappa shape index (κ3) is 6.49. The fourth-order valence-electron chi connectivity index (χ4n) is 2.52. The molecule has 8 nitrogen and oxygen atoms in total. The Morgan fingerprint density at radius 1 is 0.964 bits per heavy atom. The Balaban J connectivity index is 3.18. The molecular formula is C19H31N3O5S. The van der Waals surface area contributed by atoms with E-state index in [4.69, 9.17) is 9.47 Å². The summed E-state index contributed by atoms with van der Waals surface area (Å²) in [6.07, 6.45) is 0.809. The first-order valence-electron chi connectivity index (χ1n) is 9.44. The van der Waals surface area contributed by atoms with Crippen molar-refractivity contribution in [1.29, 1.82) is 0 Å². The van der Waals surface area contributed by atoms with E-state index in [0.717, 1.165) is 24.3 Å². The summed E-state index contributed by atoms with van der Waals surface area (Å²) in [5.41, 5.74) is 0.653. The monoisotopic (exact) mass is 413 g/mol. The summed E-state index contributed by atoms with van der Waals surface area (Å²) in [4.78, 5) is 41.4. The van der Waals surface area contributed by atoms with Gasteiger partial charge in [0.25, 0.3) is 0 Å².